The number of anilines is 1. The Kier molecular flexibility index (Phi) is 2.68. The molecule has 0 fully saturated rings. The smallest absolute Gasteiger partial charge is 0.111 e. The van der Waals surface area contributed by atoms with Crippen molar-refractivity contribution in [1.29, 1.82) is 0 Å². The van der Waals surface area contributed by atoms with E-state index in [0.717, 1.165) is 18.7 Å². The van der Waals surface area contributed by atoms with Crippen LogP contribution in [0.25, 0.3) is 0 Å². The van der Waals surface area contributed by atoms with Crippen molar-refractivity contribution in [3.63, 3.8) is 0 Å². The summed E-state index contributed by atoms with van der Waals surface area (Å²) in [6, 6.07) is 0. The molecule has 0 aliphatic rings. The Morgan fingerprint density at radius 1 is 1.70 bits per heavy atom. The molecule has 3 heteroatoms. The van der Waals surface area contributed by atoms with Crippen LogP contribution in [0.1, 0.15) is 19.0 Å². The van der Waals surface area contributed by atoms with Gasteiger partial charge in [-0.15, -0.1) is 11.3 Å². The molecule has 0 saturated carbocycles. The predicted molar refractivity (Wildman–Crippen MR) is 45.6 cm³/mol. The number of aryl methyl sites for hydroxylation is 1. The molecule has 0 amide bonds. The molecule has 0 unspecified atom stereocenters. The summed E-state index contributed by atoms with van der Waals surface area (Å²) in [5.74, 6) is 0. The van der Waals surface area contributed by atoms with Crippen LogP contribution in [0, 0.1) is 6.92 Å². The number of thiazole rings is 1. The molecule has 1 aromatic heterocycles. The minimum atomic E-state index is 1.04. The first-order chi connectivity index (χ1) is 4.84. The maximum absolute atomic E-state index is 4.13. The van der Waals surface area contributed by atoms with Crippen LogP contribution in [0.2, 0.25) is 0 Å². The van der Waals surface area contributed by atoms with Gasteiger partial charge in [0.15, 0.2) is 0 Å². The largest absolute Gasteiger partial charge is 0.375 e. The van der Waals surface area contributed by atoms with E-state index in [1.54, 1.807) is 11.3 Å². The minimum absolute atomic E-state index is 1.04. The summed E-state index contributed by atoms with van der Waals surface area (Å²) in [5, 5.41) is 4.51. The number of nitrogens with zero attached hydrogens (tertiary/aromatic N) is 1. The standard InChI is InChI=1S/C7H12N2S/c1-3-4-8-7-6(2)9-5-10-7/h5,8H,3-4H2,1-2H3. The second-order valence-electron chi connectivity index (χ2n) is 2.19. The van der Waals surface area contributed by atoms with Crippen LogP contribution >= 0.6 is 11.3 Å². The van der Waals surface area contributed by atoms with E-state index in [2.05, 4.69) is 17.2 Å². The summed E-state index contributed by atoms with van der Waals surface area (Å²) in [6.07, 6.45) is 1.16. The maximum atomic E-state index is 4.13. The van der Waals surface area contributed by atoms with Crippen LogP contribution in [0.4, 0.5) is 5.00 Å². The lowest BCUT2D eigenvalue weighted by molar-refractivity contribution is 0.980. The normalized spacial score (nSPS) is 9.80. The van der Waals surface area contributed by atoms with Crippen LogP contribution in [0.3, 0.4) is 0 Å². The first-order valence-electron chi connectivity index (χ1n) is 3.48. The Bertz CT molecular complexity index is 195. The van der Waals surface area contributed by atoms with E-state index in [1.165, 1.54) is 5.00 Å². The Morgan fingerprint density at radius 3 is 3.00 bits per heavy atom. The van der Waals surface area contributed by atoms with Crippen molar-refractivity contribution in [2.24, 2.45) is 0 Å². The lowest BCUT2D eigenvalue weighted by atomic mass is 10.4. The zero-order valence-corrected chi connectivity index (χ0v) is 7.16. The molecule has 2 nitrogen and oxygen atoms in total. The van der Waals surface area contributed by atoms with Crippen LogP contribution in [-0.4, -0.2) is 11.5 Å². The Morgan fingerprint density at radius 2 is 2.50 bits per heavy atom. The predicted octanol–water partition coefficient (Wildman–Crippen LogP) is 2.27. The topological polar surface area (TPSA) is 24.9 Å². The van der Waals surface area contributed by atoms with Crippen LogP contribution in [-0.2, 0) is 0 Å². The summed E-state index contributed by atoms with van der Waals surface area (Å²) in [4.78, 5) is 4.13. The fourth-order valence-electron chi connectivity index (χ4n) is 0.710. The number of rotatable bonds is 3. The Hall–Kier alpha value is -0.570. The molecule has 56 valence electrons. The molecular weight excluding hydrogens is 144 g/mol. The van der Waals surface area contributed by atoms with E-state index in [1.807, 2.05) is 12.4 Å². The summed E-state index contributed by atoms with van der Waals surface area (Å²) in [6.45, 7) is 5.22. The average Bonchev–Trinajstić information content (AvgIpc) is 2.31. The zero-order chi connectivity index (χ0) is 7.40. The molecule has 0 spiro atoms. The SMILES string of the molecule is CCCNc1scnc1C. The lowest BCUT2D eigenvalue weighted by Crippen LogP contribution is -1.98. The molecule has 0 aromatic carbocycles. The molecule has 0 saturated heterocycles. The number of hydrogen-bond donors (Lipinski definition) is 1. The number of hydrogen-bond acceptors (Lipinski definition) is 3. The van der Waals surface area contributed by atoms with Crippen molar-refractivity contribution in [2.45, 2.75) is 20.3 Å². The second kappa shape index (κ2) is 3.56. The summed E-state index contributed by atoms with van der Waals surface area (Å²) < 4.78 is 0. The molecule has 0 atom stereocenters. The van der Waals surface area contributed by atoms with Crippen molar-refractivity contribution >= 4 is 16.3 Å². The first kappa shape index (κ1) is 7.54. The molecule has 1 N–H and O–H groups in total. The molecule has 0 radical (unpaired) electrons. The first-order valence-corrected chi connectivity index (χ1v) is 4.36. The molecule has 0 bridgehead atoms. The number of aromatic nitrogens is 1. The second-order valence-corrected chi connectivity index (χ2v) is 3.05. The summed E-state index contributed by atoms with van der Waals surface area (Å²) in [5.41, 5.74) is 2.98. The van der Waals surface area contributed by atoms with E-state index < -0.39 is 0 Å². The van der Waals surface area contributed by atoms with Crippen molar-refractivity contribution in [1.82, 2.24) is 4.98 Å². The van der Waals surface area contributed by atoms with Gasteiger partial charge in [0.1, 0.15) is 5.00 Å². The van der Waals surface area contributed by atoms with Crippen molar-refractivity contribution in [3.05, 3.63) is 11.2 Å². The highest BCUT2D eigenvalue weighted by atomic mass is 32.1. The fourth-order valence-corrected chi connectivity index (χ4v) is 1.44. The highest BCUT2D eigenvalue weighted by molar-refractivity contribution is 7.14. The van der Waals surface area contributed by atoms with E-state index in [9.17, 15) is 0 Å². The van der Waals surface area contributed by atoms with Gasteiger partial charge in [0, 0.05) is 6.54 Å². The molecule has 0 aliphatic carbocycles. The van der Waals surface area contributed by atoms with Crippen LogP contribution in [0.15, 0.2) is 5.51 Å². The van der Waals surface area contributed by atoms with Crippen molar-refractivity contribution < 1.29 is 0 Å². The van der Waals surface area contributed by atoms with Gasteiger partial charge in [0.2, 0.25) is 0 Å². The molecule has 1 rings (SSSR count). The van der Waals surface area contributed by atoms with Gasteiger partial charge in [-0.3, -0.25) is 0 Å². The molecular formula is C7H12N2S. The Labute approximate surface area is 65.3 Å². The maximum Gasteiger partial charge on any atom is 0.111 e. The summed E-state index contributed by atoms with van der Waals surface area (Å²) in [7, 11) is 0. The van der Waals surface area contributed by atoms with Gasteiger partial charge in [-0.1, -0.05) is 6.92 Å². The van der Waals surface area contributed by atoms with Crippen LogP contribution in [0.5, 0.6) is 0 Å². The van der Waals surface area contributed by atoms with Gasteiger partial charge in [-0.25, -0.2) is 4.98 Å². The zero-order valence-electron chi connectivity index (χ0n) is 6.35. The molecule has 10 heavy (non-hydrogen) atoms. The van der Waals surface area contributed by atoms with Gasteiger partial charge < -0.3 is 5.32 Å². The minimum Gasteiger partial charge on any atom is -0.375 e. The summed E-state index contributed by atoms with van der Waals surface area (Å²) >= 11 is 1.67. The van der Waals surface area contributed by atoms with Crippen molar-refractivity contribution in [2.75, 3.05) is 11.9 Å². The quantitative estimate of drug-likeness (QED) is 0.726. The highest BCUT2D eigenvalue weighted by Gasteiger charge is 1.96. The Balaban J connectivity index is 2.49. The van der Waals surface area contributed by atoms with Crippen molar-refractivity contribution in [3.8, 4) is 0 Å². The monoisotopic (exact) mass is 156 g/mol. The van der Waals surface area contributed by atoms with E-state index in [0.29, 0.717) is 0 Å². The highest BCUT2D eigenvalue weighted by Crippen LogP contribution is 2.18. The van der Waals surface area contributed by atoms with E-state index >= 15 is 0 Å². The number of nitrogens with one attached hydrogen (secondary N) is 1. The molecule has 1 aromatic rings. The third-order valence-electron chi connectivity index (χ3n) is 1.28. The van der Waals surface area contributed by atoms with Gasteiger partial charge in [-0.05, 0) is 13.3 Å². The van der Waals surface area contributed by atoms with E-state index in [-0.39, 0.29) is 0 Å². The van der Waals surface area contributed by atoms with Gasteiger partial charge in [0.05, 0.1) is 11.2 Å². The van der Waals surface area contributed by atoms with Gasteiger partial charge in [-0.2, -0.15) is 0 Å². The average molecular weight is 156 g/mol. The van der Waals surface area contributed by atoms with Crippen LogP contribution < -0.4 is 5.32 Å². The van der Waals surface area contributed by atoms with Gasteiger partial charge >= 0.3 is 0 Å². The third kappa shape index (κ3) is 1.70. The van der Waals surface area contributed by atoms with E-state index in [4.69, 9.17) is 0 Å². The molecule has 0 aliphatic heterocycles. The van der Waals surface area contributed by atoms with Gasteiger partial charge in [0.25, 0.3) is 0 Å². The lowest BCUT2D eigenvalue weighted by Gasteiger charge is -1.99. The fraction of sp³-hybridized carbons (Fsp3) is 0.571. The molecule has 1 heterocycles. The third-order valence-corrected chi connectivity index (χ3v) is 2.17.